The summed E-state index contributed by atoms with van der Waals surface area (Å²) in [6, 6.07) is 5.90. The largest absolute Gasteiger partial charge is 0.387 e. The van der Waals surface area contributed by atoms with E-state index in [9.17, 15) is 18.6 Å². The van der Waals surface area contributed by atoms with E-state index >= 15 is 0 Å². The van der Waals surface area contributed by atoms with Crippen LogP contribution in [0.25, 0.3) is 0 Å². The minimum Gasteiger partial charge on any atom is -0.387 e. The summed E-state index contributed by atoms with van der Waals surface area (Å²) < 4.78 is 22.5. The summed E-state index contributed by atoms with van der Waals surface area (Å²) >= 11 is 0. The van der Waals surface area contributed by atoms with Crippen LogP contribution < -0.4 is 0 Å². The van der Waals surface area contributed by atoms with Crippen molar-refractivity contribution in [3.63, 3.8) is 0 Å². The lowest BCUT2D eigenvalue weighted by Crippen LogP contribution is -2.31. The SMILES string of the molecule is CCC(C)(O)[C@@H](O)c1ccc(S(C)(=O)=O)cc1. The zero-order chi connectivity index (χ0) is 13.3. The molecule has 4 nitrogen and oxygen atoms in total. The van der Waals surface area contributed by atoms with Crippen LogP contribution in [0.3, 0.4) is 0 Å². The summed E-state index contributed by atoms with van der Waals surface area (Å²) in [7, 11) is -3.23. The van der Waals surface area contributed by atoms with Crippen molar-refractivity contribution in [3.8, 4) is 0 Å². The number of benzene rings is 1. The third-order valence-corrected chi connectivity index (χ3v) is 4.06. The van der Waals surface area contributed by atoms with E-state index in [2.05, 4.69) is 0 Å². The Balaban J connectivity index is 3.04. The smallest absolute Gasteiger partial charge is 0.175 e. The third kappa shape index (κ3) is 3.28. The second-order valence-corrected chi connectivity index (χ2v) is 6.47. The quantitative estimate of drug-likeness (QED) is 0.853. The molecule has 0 aliphatic carbocycles. The van der Waals surface area contributed by atoms with Crippen LogP contribution in [0.15, 0.2) is 29.2 Å². The van der Waals surface area contributed by atoms with Gasteiger partial charge in [-0.3, -0.25) is 0 Å². The summed E-state index contributed by atoms with van der Waals surface area (Å²) in [4.78, 5) is 0.199. The average Bonchev–Trinajstić information content (AvgIpc) is 2.27. The van der Waals surface area contributed by atoms with E-state index in [1.807, 2.05) is 0 Å². The number of aliphatic hydroxyl groups is 2. The van der Waals surface area contributed by atoms with Gasteiger partial charge in [-0.2, -0.15) is 0 Å². The fourth-order valence-corrected chi connectivity index (χ4v) is 2.08. The molecule has 1 rings (SSSR count). The van der Waals surface area contributed by atoms with Crippen LogP contribution in [0.4, 0.5) is 0 Å². The molecule has 0 heterocycles. The Labute approximate surface area is 102 Å². The molecule has 0 aliphatic rings. The van der Waals surface area contributed by atoms with Crippen LogP contribution >= 0.6 is 0 Å². The van der Waals surface area contributed by atoms with Crippen LogP contribution in [-0.4, -0.2) is 30.5 Å². The second-order valence-electron chi connectivity index (χ2n) is 4.45. The van der Waals surface area contributed by atoms with E-state index in [0.717, 1.165) is 6.26 Å². The van der Waals surface area contributed by atoms with Gasteiger partial charge in [0.2, 0.25) is 0 Å². The maximum Gasteiger partial charge on any atom is 0.175 e. The first-order valence-corrected chi connectivity index (χ1v) is 7.28. The zero-order valence-electron chi connectivity index (χ0n) is 10.2. The van der Waals surface area contributed by atoms with Crippen molar-refractivity contribution in [3.05, 3.63) is 29.8 Å². The lowest BCUT2D eigenvalue weighted by molar-refractivity contribution is -0.0658. The zero-order valence-corrected chi connectivity index (χ0v) is 11.0. The van der Waals surface area contributed by atoms with Gasteiger partial charge in [0.05, 0.1) is 10.5 Å². The van der Waals surface area contributed by atoms with Gasteiger partial charge in [0, 0.05) is 6.26 Å². The van der Waals surface area contributed by atoms with Crippen molar-refractivity contribution in [2.75, 3.05) is 6.26 Å². The summed E-state index contributed by atoms with van der Waals surface area (Å²) in [5.41, 5.74) is -0.712. The van der Waals surface area contributed by atoms with Gasteiger partial charge < -0.3 is 10.2 Å². The second kappa shape index (κ2) is 4.76. The molecule has 0 radical (unpaired) electrons. The van der Waals surface area contributed by atoms with Crippen LogP contribution in [0.1, 0.15) is 31.9 Å². The Morgan fingerprint density at radius 3 is 2.12 bits per heavy atom. The molecule has 1 aromatic carbocycles. The highest BCUT2D eigenvalue weighted by molar-refractivity contribution is 7.90. The minimum absolute atomic E-state index is 0.199. The van der Waals surface area contributed by atoms with Gasteiger partial charge >= 0.3 is 0 Å². The fraction of sp³-hybridized carbons (Fsp3) is 0.500. The van der Waals surface area contributed by atoms with Gasteiger partial charge in [-0.1, -0.05) is 19.1 Å². The summed E-state index contributed by atoms with van der Waals surface area (Å²) in [6.45, 7) is 3.32. The first-order chi connectivity index (χ1) is 7.68. The molecule has 0 saturated carbocycles. The maximum atomic E-state index is 11.3. The van der Waals surface area contributed by atoms with E-state index in [0.29, 0.717) is 12.0 Å². The minimum atomic E-state index is -3.23. The van der Waals surface area contributed by atoms with E-state index < -0.39 is 21.5 Å². The van der Waals surface area contributed by atoms with E-state index in [1.54, 1.807) is 13.8 Å². The molecule has 96 valence electrons. The van der Waals surface area contributed by atoms with Crippen molar-refractivity contribution in [2.45, 2.75) is 36.9 Å². The van der Waals surface area contributed by atoms with Gasteiger partial charge in [0.1, 0.15) is 6.10 Å². The first kappa shape index (κ1) is 14.2. The Kier molecular flexibility index (Phi) is 3.96. The van der Waals surface area contributed by atoms with Gasteiger partial charge in [0.15, 0.2) is 9.84 Å². The molecule has 0 bridgehead atoms. The molecular formula is C12H18O4S. The summed E-state index contributed by atoms with van der Waals surface area (Å²) in [5, 5.41) is 19.8. The third-order valence-electron chi connectivity index (χ3n) is 2.93. The molecule has 0 saturated heterocycles. The average molecular weight is 258 g/mol. The molecule has 0 fully saturated rings. The Bertz CT molecular complexity index is 474. The number of aliphatic hydroxyl groups excluding tert-OH is 1. The molecule has 2 atom stereocenters. The lowest BCUT2D eigenvalue weighted by atomic mass is 9.91. The standard InChI is InChI=1S/C12H18O4S/c1-4-12(2,14)11(13)9-5-7-10(8-6-9)17(3,15)16/h5-8,11,13-14H,4H2,1-3H3/t11-,12?/m0/s1. The molecule has 1 unspecified atom stereocenters. The molecular weight excluding hydrogens is 240 g/mol. The van der Waals surface area contributed by atoms with Gasteiger partial charge in [-0.05, 0) is 31.0 Å². The van der Waals surface area contributed by atoms with Gasteiger partial charge in [-0.15, -0.1) is 0 Å². The van der Waals surface area contributed by atoms with E-state index in [4.69, 9.17) is 0 Å². The van der Waals surface area contributed by atoms with Crippen LogP contribution in [0.5, 0.6) is 0 Å². The lowest BCUT2D eigenvalue weighted by Gasteiger charge is -2.28. The number of hydrogen-bond donors (Lipinski definition) is 2. The van der Waals surface area contributed by atoms with Gasteiger partial charge in [-0.25, -0.2) is 8.42 Å². The molecule has 0 amide bonds. The number of rotatable bonds is 4. The predicted octanol–water partition coefficient (Wildman–Crippen LogP) is 1.28. The first-order valence-electron chi connectivity index (χ1n) is 5.39. The van der Waals surface area contributed by atoms with Crippen molar-refractivity contribution in [1.82, 2.24) is 0 Å². The normalized spacial score (nSPS) is 17.5. The Hall–Kier alpha value is -0.910. The van der Waals surface area contributed by atoms with E-state index in [1.165, 1.54) is 24.3 Å². The van der Waals surface area contributed by atoms with Crippen molar-refractivity contribution in [2.24, 2.45) is 0 Å². The Morgan fingerprint density at radius 2 is 1.76 bits per heavy atom. The van der Waals surface area contributed by atoms with E-state index in [-0.39, 0.29) is 4.90 Å². The molecule has 1 aromatic rings. The predicted molar refractivity (Wildman–Crippen MR) is 65.4 cm³/mol. The molecule has 2 N–H and O–H groups in total. The van der Waals surface area contributed by atoms with Crippen LogP contribution in [-0.2, 0) is 9.84 Å². The summed E-state index contributed by atoms with van der Waals surface area (Å²) in [5.74, 6) is 0. The molecule has 0 aliphatic heterocycles. The highest BCUT2D eigenvalue weighted by atomic mass is 32.2. The van der Waals surface area contributed by atoms with Crippen LogP contribution in [0.2, 0.25) is 0 Å². The van der Waals surface area contributed by atoms with Crippen molar-refractivity contribution < 1.29 is 18.6 Å². The fourth-order valence-electron chi connectivity index (χ4n) is 1.45. The highest BCUT2D eigenvalue weighted by Crippen LogP contribution is 2.28. The molecule has 0 spiro atoms. The van der Waals surface area contributed by atoms with Crippen LogP contribution in [0, 0.1) is 0 Å². The molecule has 17 heavy (non-hydrogen) atoms. The maximum absolute atomic E-state index is 11.3. The highest BCUT2D eigenvalue weighted by Gasteiger charge is 2.29. The number of hydrogen-bond acceptors (Lipinski definition) is 4. The Morgan fingerprint density at radius 1 is 1.29 bits per heavy atom. The van der Waals surface area contributed by atoms with Gasteiger partial charge in [0.25, 0.3) is 0 Å². The molecule has 5 heteroatoms. The van der Waals surface area contributed by atoms with Crippen molar-refractivity contribution >= 4 is 9.84 Å². The monoisotopic (exact) mass is 258 g/mol. The number of sulfone groups is 1. The summed E-state index contributed by atoms with van der Waals surface area (Å²) in [6.07, 6.45) is 0.504. The topological polar surface area (TPSA) is 74.6 Å². The molecule has 0 aromatic heterocycles. The van der Waals surface area contributed by atoms with Crippen molar-refractivity contribution in [1.29, 1.82) is 0 Å².